The van der Waals surface area contributed by atoms with Crippen molar-refractivity contribution in [2.45, 2.75) is 19.3 Å². The maximum Gasteiger partial charge on any atom is 0.0110 e. The molecular formula is C12H25N3. The number of nitrogens with one attached hydrogen (secondary N) is 1. The Balaban J connectivity index is 1.58. The van der Waals surface area contributed by atoms with E-state index in [9.17, 15) is 0 Å². The van der Waals surface area contributed by atoms with E-state index in [1.165, 1.54) is 65.1 Å². The molecule has 88 valence electrons. The Morgan fingerprint density at radius 2 is 2.13 bits per heavy atom. The molecule has 0 unspecified atom stereocenters. The highest BCUT2D eigenvalue weighted by molar-refractivity contribution is 4.76. The average Bonchev–Trinajstić information content (AvgIpc) is 3.01. The van der Waals surface area contributed by atoms with Gasteiger partial charge in [0.1, 0.15) is 0 Å². The zero-order valence-corrected chi connectivity index (χ0v) is 10.0. The molecule has 0 aromatic heterocycles. The van der Waals surface area contributed by atoms with Crippen molar-refractivity contribution in [3.05, 3.63) is 0 Å². The molecular weight excluding hydrogens is 186 g/mol. The van der Waals surface area contributed by atoms with E-state index in [4.69, 9.17) is 0 Å². The second-order valence-corrected chi connectivity index (χ2v) is 5.15. The van der Waals surface area contributed by atoms with E-state index < -0.39 is 0 Å². The van der Waals surface area contributed by atoms with Crippen LogP contribution in [0.5, 0.6) is 0 Å². The molecule has 1 aliphatic heterocycles. The van der Waals surface area contributed by atoms with Crippen LogP contribution < -0.4 is 5.32 Å². The lowest BCUT2D eigenvalue weighted by molar-refractivity contribution is 0.230. The van der Waals surface area contributed by atoms with Crippen molar-refractivity contribution in [1.82, 2.24) is 15.1 Å². The lowest BCUT2D eigenvalue weighted by Gasteiger charge is -2.23. The summed E-state index contributed by atoms with van der Waals surface area (Å²) in [5, 5.41) is 3.45. The van der Waals surface area contributed by atoms with Gasteiger partial charge in [-0.25, -0.2) is 0 Å². The van der Waals surface area contributed by atoms with Crippen LogP contribution in [-0.2, 0) is 0 Å². The molecule has 3 nitrogen and oxygen atoms in total. The third-order valence-corrected chi connectivity index (χ3v) is 3.50. The van der Waals surface area contributed by atoms with Crippen molar-refractivity contribution in [3.8, 4) is 0 Å². The summed E-state index contributed by atoms with van der Waals surface area (Å²) < 4.78 is 0. The number of rotatable bonds is 5. The van der Waals surface area contributed by atoms with Gasteiger partial charge in [-0.3, -0.25) is 0 Å². The Morgan fingerprint density at radius 3 is 2.93 bits per heavy atom. The molecule has 2 rings (SSSR count). The third-order valence-electron chi connectivity index (χ3n) is 3.50. The molecule has 0 aromatic carbocycles. The predicted molar refractivity (Wildman–Crippen MR) is 64.1 cm³/mol. The summed E-state index contributed by atoms with van der Waals surface area (Å²) in [5.74, 6) is 1.03. The van der Waals surface area contributed by atoms with Gasteiger partial charge in [0.05, 0.1) is 0 Å². The topological polar surface area (TPSA) is 18.5 Å². The average molecular weight is 211 g/mol. The molecule has 0 spiro atoms. The quantitative estimate of drug-likeness (QED) is 0.719. The van der Waals surface area contributed by atoms with Crippen molar-refractivity contribution >= 4 is 0 Å². The summed E-state index contributed by atoms with van der Waals surface area (Å²) >= 11 is 0. The molecule has 0 amide bonds. The van der Waals surface area contributed by atoms with Gasteiger partial charge >= 0.3 is 0 Å². The summed E-state index contributed by atoms with van der Waals surface area (Å²) in [7, 11) is 2.27. The van der Waals surface area contributed by atoms with E-state index in [0.717, 1.165) is 5.92 Å². The van der Waals surface area contributed by atoms with Crippen LogP contribution in [0, 0.1) is 5.92 Å². The standard InChI is InChI=1S/C12H25N3/c1-14(11-12-3-4-12)9-10-15-7-2-5-13-6-8-15/h12-13H,2-11H2,1H3. The lowest BCUT2D eigenvalue weighted by atomic mass is 10.3. The fraction of sp³-hybridized carbons (Fsp3) is 1.00. The lowest BCUT2D eigenvalue weighted by Crippen LogP contribution is -2.36. The zero-order chi connectivity index (χ0) is 10.5. The van der Waals surface area contributed by atoms with E-state index in [1.54, 1.807) is 0 Å². The second-order valence-electron chi connectivity index (χ2n) is 5.15. The van der Waals surface area contributed by atoms with Gasteiger partial charge in [0.2, 0.25) is 0 Å². The molecule has 1 saturated heterocycles. The van der Waals surface area contributed by atoms with Gasteiger partial charge in [-0.1, -0.05) is 0 Å². The molecule has 1 heterocycles. The Labute approximate surface area is 93.8 Å². The number of nitrogens with zero attached hydrogens (tertiary/aromatic N) is 2. The van der Waals surface area contributed by atoms with Crippen molar-refractivity contribution < 1.29 is 0 Å². The molecule has 1 saturated carbocycles. The largest absolute Gasteiger partial charge is 0.315 e. The summed E-state index contributed by atoms with van der Waals surface area (Å²) in [6, 6.07) is 0. The van der Waals surface area contributed by atoms with Crippen LogP contribution in [0.3, 0.4) is 0 Å². The van der Waals surface area contributed by atoms with E-state index in [1.807, 2.05) is 0 Å². The minimum atomic E-state index is 1.03. The van der Waals surface area contributed by atoms with Gasteiger partial charge in [0.25, 0.3) is 0 Å². The van der Waals surface area contributed by atoms with Crippen molar-refractivity contribution in [2.24, 2.45) is 5.92 Å². The van der Waals surface area contributed by atoms with Gasteiger partial charge in [0, 0.05) is 32.7 Å². The number of hydrogen-bond acceptors (Lipinski definition) is 3. The highest BCUT2D eigenvalue weighted by atomic mass is 15.2. The Morgan fingerprint density at radius 1 is 1.27 bits per heavy atom. The van der Waals surface area contributed by atoms with Crippen LogP contribution in [0.15, 0.2) is 0 Å². The van der Waals surface area contributed by atoms with Gasteiger partial charge in [-0.2, -0.15) is 0 Å². The fourth-order valence-electron chi connectivity index (χ4n) is 2.27. The smallest absolute Gasteiger partial charge is 0.0110 e. The summed E-state index contributed by atoms with van der Waals surface area (Å²) in [5.41, 5.74) is 0. The minimum Gasteiger partial charge on any atom is -0.315 e. The van der Waals surface area contributed by atoms with Crippen LogP contribution in [0.4, 0.5) is 0 Å². The molecule has 3 heteroatoms. The maximum atomic E-state index is 3.45. The van der Waals surface area contributed by atoms with Crippen LogP contribution >= 0.6 is 0 Å². The van der Waals surface area contributed by atoms with Crippen LogP contribution in [-0.4, -0.2) is 62.7 Å². The monoisotopic (exact) mass is 211 g/mol. The molecule has 0 bridgehead atoms. The summed E-state index contributed by atoms with van der Waals surface area (Å²) in [6.45, 7) is 8.72. The van der Waals surface area contributed by atoms with E-state index >= 15 is 0 Å². The van der Waals surface area contributed by atoms with Crippen molar-refractivity contribution in [2.75, 3.05) is 52.9 Å². The summed E-state index contributed by atoms with van der Waals surface area (Å²) in [4.78, 5) is 5.11. The minimum absolute atomic E-state index is 1.03. The van der Waals surface area contributed by atoms with E-state index in [2.05, 4.69) is 22.2 Å². The van der Waals surface area contributed by atoms with Gasteiger partial charge in [-0.05, 0) is 45.3 Å². The normalized spacial score (nSPS) is 24.4. The third kappa shape index (κ3) is 4.49. The Bertz CT molecular complexity index is 172. The van der Waals surface area contributed by atoms with Gasteiger partial charge < -0.3 is 15.1 Å². The molecule has 1 aliphatic carbocycles. The number of hydrogen-bond donors (Lipinski definition) is 1. The first kappa shape index (κ1) is 11.4. The second kappa shape index (κ2) is 5.83. The first-order valence-electron chi connectivity index (χ1n) is 6.46. The SMILES string of the molecule is CN(CCN1CCCNCC1)CC1CC1. The maximum absolute atomic E-state index is 3.45. The Kier molecular flexibility index (Phi) is 4.42. The van der Waals surface area contributed by atoms with Crippen molar-refractivity contribution in [1.29, 1.82) is 0 Å². The van der Waals surface area contributed by atoms with Gasteiger partial charge in [-0.15, -0.1) is 0 Å². The van der Waals surface area contributed by atoms with Crippen LogP contribution in [0.1, 0.15) is 19.3 Å². The van der Waals surface area contributed by atoms with Gasteiger partial charge in [0.15, 0.2) is 0 Å². The molecule has 1 N–H and O–H groups in total. The molecule has 2 aliphatic rings. The van der Waals surface area contributed by atoms with Crippen LogP contribution in [0.25, 0.3) is 0 Å². The fourth-order valence-corrected chi connectivity index (χ4v) is 2.27. The predicted octanol–water partition coefficient (Wildman–Crippen LogP) is 0.623. The highest BCUT2D eigenvalue weighted by Gasteiger charge is 2.22. The first-order valence-corrected chi connectivity index (χ1v) is 6.46. The van der Waals surface area contributed by atoms with E-state index in [0.29, 0.717) is 0 Å². The van der Waals surface area contributed by atoms with Crippen molar-refractivity contribution in [3.63, 3.8) is 0 Å². The molecule has 15 heavy (non-hydrogen) atoms. The molecule has 0 radical (unpaired) electrons. The first-order chi connectivity index (χ1) is 7.34. The molecule has 0 aromatic rings. The highest BCUT2D eigenvalue weighted by Crippen LogP contribution is 2.29. The molecule has 2 fully saturated rings. The zero-order valence-electron chi connectivity index (χ0n) is 10.0. The molecule has 0 atom stereocenters. The number of likely N-dealkylation sites (N-methyl/N-ethyl adjacent to an activating group) is 1. The van der Waals surface area contributed by atoms with E-state index in [-0.39, 0.29) is 0 Å². The summed E-state index contributed by atoms with van der Waals surface area (Å²) in [6.07, 6.45) is 4.25. The Hall–Kier alpha value is -0.120. The van der Waals surface area contributed by atoms with Crippen LogP contribution in [0.2, 0.25) is 0 Å².